The van der Waals surface area contributed by atoms with Gasteiger partial charge in [0.1, 0.15) is 6.10 Å². The van der Waals surface area contributed by atoms with E-state index in [0.717, 1.165) is 19.3 Å². The molecule has 0 spiro atoms. The zero-order chi connectivity index (χ0) is 18.6. The summed E-state index contributed by atoms with van der Waals surface area (Å²) in [6.45, 7) is 6.07. The molecule has 0 aromatic heterocycles. The number of hydrogen-bond donors (Lipinski definition) is 0. The second-order valence-electron chi connectivity index (χ2n) is 7.05. The molecule has 1 aromatic rings. The van der Waals surface area contributed by atoms with E-state index in [1.165, 1.54) is 0 Å². The molecule has 1 saturated carbocycles. The predicted molar refractivity (Wildman–Crippen MR) is 101 cm³/mol. The van der Waals surface area contributed by atoms with Crippen LogP contribution in [0.25, 0.3) is 0 Å². The van der Waals surface area contributed by atoms with Gasteiger partial charge in [-0.05, 0) is 48.8 Å². The Hall–Kier alpha value is -1.07. The Balaban J connectivity index is 1.91. The SMILES string of the molecule is CC(C)[C@@H]1CC[C@@H](C)C[C@@H]1OC(=O)COC(=O)c1cc(Br)ccc1Cl. The summed E-state index contributed by atoms with van der Waals surface area (Å²) in [4.78, 5) is 24.2. The Morgan fingerprint density at radius 1 is 1.32 bits per heavy atom. The molecule has 1 aromatic carbocycles. The van der Waals surface area contributed by atoms with E-state index in [2.05, 4.69) is 36.7 Å². The van der Waals surface area contributed by atoms with Crippen LogP contribution in [0, 0.1) is 17.8 Å². The molecule has 6 heteroatoms. The molecule has 1 fully saturated rings. The van der Waals surface area contributed by atoms with Crippen LogP contribution < -0.4 is 0 Å². The number of hydrogen-bond acceptors (Lipinski definition) is 4. The van der Waals surface area contributed by atoms with Gasteiger partial charge in [0, 0.05) is 4.47 Å². The maximum absolute atomic E-state index is 12.1. The summed E-state index contributed by atoms with van der Waals surface area (Å²) in [6, 6.07) is 4.88. The van der Waals surface area contributed by atoms with Crippen molar-refractivity contribution >= 4 is 39.5 Å². The lowest BCUT2D eigenvalue weighted by Gasteiger charge is -2.36. The molecule has 0 aliphatic heterocycles. The third kappa shape index (κ3) is 5.71. The number of carbonyl (C=O) groups is 2. The zero-order valence-electron chi connectivity index (χ0n) is 14.8. The van der Waals surface area contributed by atoms with Gasteiger partial charge in [-0.15, -0.1) is 0 Å². The van der Waals surface area contributed by atoms with Gasteiger partial charge in [-0.2, -0.15) is 0 Å². The number of halogens is 2. The van der Waals surface area contributed by atoms with Crippen LogP contribution in [0.5, 0.6) is 0 Å². The van der Waals surface area contributed by atoms with E-state index in [9.17, 15) is 9.59 Å². The van der Waals surface area contributed by atoms with Gasteiger partial charge in [0.15, 0.2) is 6.61 Å². The summed E-state index contributed by atoms with van der Waals surface area (Å²) >= 11 is 9.27. The second-order valence-corrected chi connectivity index (χ2v) is 8.38. The number of ether oxygens (including phenoxy) is 2. The van der Waals surface area contributed by atoms with Crippen LogP contribution in [0.15, 0.2) is 22.7 Å². The lowest BCUT2D eigenvalue weighted by Crippen LogP contribution is -2.36. The first-order valence-electron chi connectivity index (χ1n) is 8.59. The van der Waals surface area contributed by atoms with Crippen LogP contribution >= 0.6 is 27.5 Å². The molecule has 1 aliphatic carbocycles. The third-order valence-electron chi connectivity index (χ3n) is 4.71. The Bertz CT molecular complexity index is 632. The minimum absolute atomic E-state index is 0.107. The van der Waals surface area contributed by atoms with E-state index in [-0.39, 0.29) is 16.7 Å². The number of esters is 2. The van der Waals surface area contributed by atoms with E-state index in [0.29, 0.717) is 22.2 Å². The maximum Gasteiger partial charge on any atom is 0.344 e. The van der Waals surface area contributed by atoms with Crippen molar-refractivity contribution in [2.24, 2.45) is 17.8 Å². The zero-order valence-corrected chi connectivity index (χ0v) is 17.1. The molecule has 3 atom stereocenters. The molecule has 0 bridgehead atoms. The second kappa shape index (κ2) is 9.04. The van der Waals surface area contributed by atoms with Gasteiger partial charge in [0.2, 0.25) is 0 Å². The van der Waals surface area contributed by atoms with Gasteiger partial charge in [-0.3, -0.25) is 0 Å². The molecular formula is C19H24BrClO4. The summed E-state index contributed by atoms with van der Waals surface area (Å²) in [6.07, 6.45) is 2.97. The van der Waals surface area contributed by atoms with Crippen molar-refractivity contribution in [2.75, 3.05) is 6.61 Å². The predicted octanol–water partition coefficient (Wildman–Crippen LogP) is 5.26. The smallest absolute Gasteiger partial charge is 0.344 e. The largest absolute Gasteiger partial charge is 0.460 e. The van der Waals surface area contributed by atoms with Crippen LogP contribution in [-0.2, 0) is 14.3 Å². The van der Waals surface area contributed by atoms with E-state index >= 15 is 0 Å². The molecule has 138 valence electrons. The van der Waals surface area contributed by atoms with Crippen LogP contribution in [0.2, 0.25) is 5.02 Å². The van der Waals surface area contributed by atoms with Crippen molar-refractivity contribution in [1.29, 1.82) is 0 Å². The highest BCUT2D eigenvalue weighted by Crippen LogP contribution is 2.35. The van der Waals surface area contributed by atoms with Crippen molar-refractivity contribution < 1.29 is 19.1 Å². The molecule has 2 rings (SSSR count). The minimum Gasteiger partial charge on any atom is -0.460 e. The molecule has 0 heterocycles. The first kappa shape index (κ1) is 20.2. The maximum atomic E-state index is 12.1. The Morgan fingerprint density at radius 3 is 2.72 bits per heavy atom. The number of rotatable bonds is 5. The number of carbonyl (C=O) groups excluding carboxylic acids is 2. The summed E-state index contributed by atoms with van der Waals surface area (Å²) in [5.41, 5.74) is 0.218. The lowest BCUT2D eigenvalue weighted by molar-refractivity contribution is -0.159. The molecule has 0 N–H and O–H groups in total. The first-order valence-corrected chi connectivity index (χ1v) is 9.76. The van der Waals surface area contributed by atoms with Crippen molar-refractivity contribution in [3.63, 3.8) is 0 Å². The standard InChI is InChI=1S/C19H24BrClO4/c1-11(2)14-6-4-12(3)8-17(14)25-18(22)10-24-19(23)15-9-13(20)5-7-16(15)21/h5,7,9,11-12,14,17H,4,6,8,10H2,1-3H3/t12-,14+,17+/m1/s1. The molecule has 0 saturated heterocycles. The van der Waals surface area contributed by atoms with Crippen LogP contribution in [-0.4, -0.2) is 24.6 Å². The highest BCUT2D eigenvalue weighted by atomic mass is 79.9. The van der Waals surface area contributed by atoms with Crippen molar-refractivity contribution in [1.82, 2.24) is 0 Å². The highest BCUT2D eigenvalue weighted by Gasteiger charge is 2.33. The monoisotopic (exact) mass is 430 g/mol. The van der Waals surface area contributed by atoms with Gasteiger partial charge in [0.05, 0.1) is 10.6 Å². The fourth-order valence-corrected chi connectivity index (χ4v) is 3.87. The average Bonchev–Trinajstić information content (AvgIpc) is 2.54. The summed E-state index contributed by atoms with van der Waals surface area (Å²) in [7, 11) is 0. The molecule has 4 nitrogen and oxygen atoms in total. The molecule has 1 aliphatic rings. The average molecular weight is 432 g/mol. The van der Waals surface area contributed by atoms with E-state index in [4.69, 9.17) is 21.1 Å². The van der Waals surface area contributed by atoms with Gasteiger partial charge < -0.3 is 9.47 Å². The molecule has 0 unspecified atom stereocenters. The highest BCUT2D eigenvalue weighted by molar-refractivity contribution is 9.10. The van der Waals surface area contributed by atoms with Gasteiger partial charge >= 0.3 is 11.9 Å². The molecule has 0 radical (unpaired) electrons. The number of benzene rings is 1. The van der Waals surface area contributed by atoms with Gasteiger partial charge in [0.25, 0.3) is 0 Å². The Labute approximate surface area is 162 Å². The Kier molecular flexibility index (Phi) is 7.32. The van der Waals surface area contributed by atoms with Gasteiger partial charge in [-0.1, -0.05) is 54.7 Å². The van der Waals surface area contributed by atoms with Crippen LogP contribution in [0.1, 0.15) is 50.4 Å². The van der Waals surface area contributed by atoms with E-state index in [1.54, 1.807) is 18.2 Å². The molecule has 0 amide bonds. The minimum atomic E-state index is -0.638. The molecule has 25 heavy (non-hydrogen) atoms. The van der Waals surface area contributed by atoms with E-state index < -0.39 is 18.5 Å². The summed E-state index contributed by atoms with van der Waals surface area (Å²) in [5.74, 6) is 0.199. The topological polar surface area (TPSA) is 52.6 Å². The van der Waals surface area contributed by atoms with Crippen molar-refractivity contribution in [3.05, 3.63) is 33.3 Å². The molecular weight excluding hydrogens is 408 g/mol. The summed E-state index contributed by atoms with van der Waals surface area (Å²) in [5, 5.41) is 0.280. The first-order chi connectivity index (χ1) is 11.8. The quantitative estimate of drug-likeness (QED) is 0.596. The fourth-order valence-electron chi connectivity index (χ4n) is 3.31. The summed E-state index contributed by atoms with van der Waals surface area (Å²) < 4.78 is 11.4. The van der Waals surface area contributed by atoms with Crippen molar-refractivity contribution in [2.45, 2.75) is 46.1 Å². The Morgan fingerprint density at radius 2 is 2.04 bits per heavy atom. The van der Waals surface area contributed by atoms with Crippen molar-refractivity contribution in [3.8, 4) is 0 Å². The third-order valence-corrected chi connectivity index (χ3v) is 5.54. The lowest BCUT2D eigenvalue weighted by atomic mass is 9.75. The van der Waals surface area contributed by atoms with Gasteiger partial charge in [-0.25, -0.2) is 9.59 Å². The fraction of sp³-hybridized carbons (Fsp3) is 0.579. The van der Waals surface area contributed by atoms with Crippen LogP contribution in [0.3, 0.4) is 0 Å². The normalized spacial score (nSPS) is 23.4. The van der Waals surface area contributed by atoms with E-state index in [1.807, 2.05) is 0 Å². The van der Waals surface area contributed by atoms with Crippen LogP contribution in [0.4, 0.5) is 0 Å².